The van der Waals surface area contributed by atoms with E-state index in [4.69, 9.17) is 27.9 Å². The average molecular weight is 356 g/mol. The Bertz CT molecular complexity index is 688. The van der Waals surface area contributed by atoms with Crippen molar-refractivity contribution >= 4 is 34.9 Å². The lowest BCUT2D eigenvalue weighted by atomic mass is 10.3. The van der Waals surface area contributed by atoms with E-state index in [1.54, 1.807) is 42.1 Å². The Balaban J connectivity index is 2.03. The first-order chi connectivity index (χ1) is 10.9. The molecule has 23 heavy (non-hydrogen) atoms. The monoisotopic (exact) mass is 355 g/mol. The van der Waals surface area contributed by atoms with Crippen LogP contribution in [0, 0.1) is 0 Å². The van der Waals surface area contributed by atoms with E-state index in [0.29, 0.717) is 21.6 Å². The highest BCUT2D eigenvalue weighted by molar-refractivity contribution is 6.42. The molecule has 2 atom stereocenters. The zero-order chi connectivity index (χ0) is 17.0. The van der Waals surface area contributed by atoms with Crippen LogP contribution in [-0.4, -0.2) is 21.8 Å². The van der Waals surface area contributed by atoms with E-state index in [-0.39, 0.29) is 11.9 Å². The Morgan fingerprint density at radius 3 is 2.70 bits per heavy atom. The maximum absolute atomic E-state index is 12.3. The molecule has 0 unspecified atom stereocenters. The fourth-order valence-corrected chi connectivity index (χ4v) is 2.26. The van der Waals surface area contributed by atoms with Crippen molar-refractivity contribution in [2.45, 2.75) is 39.3 Å². The summed E-state index contributed by atoms with van der Waals surface area (Å²) in [5, 5.41) is 7.88. The van der Waals surface area contributed by atoms with Gasteiger partial charge in [-0.1, -0.05) is 30.1 Å². The molecule has 0 saturated heterocycles. The van der Waals surface area contributed by atoms with Crippen LogP contribution in [0.2, 0.25) is 10.0 Å². The van der Waals surface area contributed by atoms with Crippen molar-refractivity contribution in [1.29, 1.82) is 0 Å². The molecule has 1 amide bonds. The highest BCUT2D eigenvalue weighted by atomic mass is 35.5. The number of anilines is 1. The molecule has 0 aliphatic heterocycles. The second-order valence-electron chi connectivity index (χ2n) is 5.24. The van der Waals surface area contributed by atoms with E-state index >= 15 is 0 Å². The lowest BCUT2D eigenvalue weighted by Crippen LogP contribution is -2.31. The first-order valence-corrected chi connectivity index (χ1v) is 8.14. The predicted molar refractivity (Wildman–Crippen MR) is 92.4 cm³/mol. The number of amides is 1. The second-order valence-corrected chi connectivity index (χ2v) is 6.06. The van der Waals surface area contributed by atoms with Crippen molar-refractivity contribution < 1.29 is 9.53 Å². The summed E-state index contributed by atoms with van der Waals surface area (Å²) in [6, 6.07) is 6.84. The zero-order valence-corrected chi connectivity index (χ0v) is 14.7. The van der Waals surface area contributed by atoms with Crippen molar-refractivity contribution in [3.05, 3.63) is 40.5 Å². The molecule has 0 aliphatic rings. The van der Waals surface area contributed by atoms with E-state index in [9.17, 15) is 4.79 Å². The van der Waals surface area contributed by atoms with Crippen LogP contribution in [-0.2, 0) is 4.79 Å². The molecule has 2 rings (SSSR count). The van der Waals surface area contributed by atoms with Crippen LogP contribution in [0.5, 0.6) is 5.75 Å². The van der Waals surface area contributed by atoms with Crippen molar-refractivity contribution in [2.24, 2.45) is 0 Å². The molecule has 2 aromatic rings. The van der Waals surface area contributed by atoms with E-state index in [0.717, 1.165) is 6.42 Å². The first-order valence-electron chi connectivity index (χ1n) is 7.38. The van der Waals surface area contributed by atoms with Crippen LogP contribution < -0.4 is 10.1 Å². The van der Waals surface area contributed by atoms with Crippen LogP contribution in [0.25, 0.3) is 0 Å². The van der Waals surface area contributed by atoms with Gasteiger partial charge in [0, 0.05) is 12.1 Å². The topological polar surface area (TPSA) is 56.2 Å². The number of hydrogen-bond donors (Lipinski definition) is 1. The second kappa shape index (κ2) is 7.70. The van der Waals surface area contributed by atoms with Gasteiger partial charge in [0.2, 0.25) is 0 Å². The fraction of sp³-hybridized carbons (Fsp3) is 0.375. The van der Waals surface area contributed by atoms with Gasteiger partial charge in [-0.25, -0.2) is 4.68 Å². The molecule has 0 bridgehead atoms. The summed E-state index contributed by atoms with van der Waals surface area (Å²) < 4.78 is 7.38. The molecule has 1 aromatic carbocycles. The SMILES string of the molecule is CC[C@@H](C)n1nccc1NC(=O)[C@@H](C)Oc1ccc(Cl)c(Cl)c1. The smallest absolute Gasteiger partial charge is 0.266 e. The Morgan fingerprint density at radius 2 is 2.04 bits per heavy atom. The Labute approximate surface area is 145 Å². The quantitative estimate of drug-likeness (QED) is 0.825. The minimum absolute atomic E-state index is 0.201. The van der Waals surface area contributed by atoms with Gasteiger partial charge in [-0.2, -0.15) is 5.10 Å². The van der Waals surface area contributed by atoms with Gasteiger partial charge in [0.1, 0.15) is 11.6 Å². The molecule has 1 N–H and O–H groups in total. The molecule has 1 aromatic heterocycles. The van der Waals surface area contributed by atoms with Gasteiger partial charge in [-0.3, -0.25) is 4.79 Å². The normalized spacial score (nSPS) is 13.4. The van der Waals surface area contributed by atoms with E-state index in [1.807, 2.05) is 6.92 Å². The lowest BCUT2D eigenvalue weighted by Gasteiger charge is -2.17. The number of carbonyl (C=O) groups excluding carboxylic acids is 1. The number of nitrogens with one attached hydrogen (secondary N) is 1. The fourth-order valence-electron chi connectivity index (χ4n) is 1.97. The molecule has 0 spiro atoms. The van der Waals surface area contributed by atoms with E-state index < -0.39 is 6.10 Å². The number of ether oxygens (including phenoxy) is 1. The van der Waals surface area contributed by atoms with Gasteiger partial charge in [0.25, 0.3) is 5.91 Å². The minimum atomic E-state index is -0.687. The van der Waals surface area contributed by atoms with Gasteiger partial charge < -0.3 is 10.1 Å². The van der Waals surface area contributed by atoms with Gasteiger partial charge in [0.15, 0.2) is 6.10 Å². The van der Waals surface area contributed by atoms with Crippen molar-refractivity contribution in [3.63, 3.8) is 0 Å². The third-order valence-corrected chi connectivity index (χ3v) is 4.24. The number of hydrogen-bond acceptors (Lipinski definition) is 3. The number of halogens is 2. The third-order valence-electron chi connectivity index (χ3n) is 3.50. The summed E-state index contributed by atoms with van der Waals surface area (Å²) in [4.78, 5) is 12.3. The zero-order valence-electron chi connectivity index (χ0n) is 13.2. The average Bonchev–Trinajstić information content (AvgIpc) is 2.98. The highest BCUT2D eigenvalue weighted by Gasteiger charge is 2.18. The molecule has 0 aliphatic carbocycles. The van der Waals surface area contributed by atoms with Gasteiger partial charge >= 0.3 is 0 Å². The van der Waals surface area contributed by atoms with Gasteiger partial charge in [-0.05, 0) is 32.4 Å². The number of nitrogens with zero attached hydrogens (tertiary/aromatic N) is 2. The Hall–Kier alpha value is -1.72. The predicted octanol–water partition coefficient (Wildman–Crippen LogP) is 4.57. The van der Waals surface area contributed by atoms with Crippen LogP contribution in [0.1, 0.15) is 33.2 Å². The maximum Gasteiger partial charge on any atom is 0.266 e. The molecule has 0 fully saturated rings. The Morgan fingerprint density at radius 1 is 1.30 bits per heavy atom. The summed E-state index contributed by atoms with van der Waals surface area (Å²) in [5.41, 5.74) is 0. The van der Waals surface area contributed by atoms with Gasteiger partial charge in [0.05, 0.1) is 22.3 Å². The van der Waals surface area contributed by atoms with Crippen LogP contribution in [0.3, 0.4) is 0 Å². The maximum atomic E-state index is 12.3. The molecule has 0 radical (unpaired) electrons. The molecular weight excluding hydrogens is 337 g/mol. The van der Waals surface area contributed by atoms with Crippen molar-refractivity contribution in [2.75, 3.05) is 5.32 Å². The number of rotatable bonds is 6. The summed E-state index contributed by atoms with van der Waals surface area (Å²) in [6.07, 6.45) is 1.89. The molecule has 7 heteroatoms. The van der Waals surface area contributed by atoms with Crippen LogP contribution in [0.15, 0.2) is 30.5 Å². The van der Waals surface area contributed by atoms with Gasteiger partial charge in [-0.15, -0.1) is 0 Å². The summed E-state index contributed by atoms with van der Waals surface area (Å²) in [6.45, 7) is 5.77. The standard InChI is InChI=1S/C16H19Cl2N3O2/c1-4-10(2)21-15(7-8-19-21)20-16(22)11(3)23-12-5-6-13(17)14(18)9-12/h5-11H,4H2,1-3H3,(H,20,22)/t10-,11-/m1/s1. The first kappa shape index (κ1) is 17.6. The molecule has 5 nitrogen and oxygen atoms in total. The highest BCUT2D eigenvalue weighted by Crippen LogP contribution is 2.27. The number of carbonyl (C=O) groups is 1. The molecule has 1 heterocycles. The van der Waals surface area contributed by atoms with Crippen molar-refractivity contribution in [3.8, 4) is 5.75 Å². The van der Waals surface area contributed by atoms with E-state index in [1.165, 1.54) is 0 Å². The molecule has 124 valence electrons. The van der Waals surface area contributed by atoms with Crippen LogP contribution in [0.4, 0.5) is 5.82 Å². The van der Waals surface area contributed by atoms with E-state index in [2.05, 4.69) is 17.3 Å². The third kappa shape index (κ3) is 4.39. The van der Waals surface area contributed by atoms with Crippen LogP contribution >= 0.6 is 23.2 Å². The Kier molecular flexibility index (Phi) is 5.91. The number of benzene rings is 1. The minimum Gasteiger partial charge on any atom is -0.481 e. The summed E-state index contributed by atoms with van der Waals surface area (Å²) in [7, 11) is 0. The largest absolute Gasteiger partial charge is 0.481 e. The summed E-state index contributed by atoms with van der Waals surface area (Å²) >= 11 is 11.8. The molecule has 0 saturated carbocycles. The lowest BCUT2D eigenvalue weighted by molar-refractivity contribution is -0.122. The molecular formula is C16H19Cl2N3O2. The summed E-state index contributed by atoms with van der Waals surface area (Å²) in [5.74, 6) is 0.868. The number of aromatic nitrogens is 2. The van der Waals surface area contributed by atoms with Crippen molar-refractivity contribution in [1.82, 2.24) is 9.78 Å².